The van der Waals surface area contributed by atoms with Crippen molar-refractivity contribution in [3.05, 3.63) is 69.3 Å². The van der Waals surface area contributed by atoms with Crippen LogP contribution in [0.15, 0.2) is 58.5 Å². The number of rotatable bonds is 5. The van der Waals surface area contributed by atoms with Crippen LogP contribution in [0, 0.1) is 17.1 Å². The highest BCUT2D eigenvalue weighted by Crippen LogP contribution is 2.28. The Kier molecular flexibility index (Phi) is 5.66. The molecule has 0 saturated heterocycles. The van der Waals surface area contributed by atoms with Gasteiger partial charge in [-0.15, -0.1) is 11.3 Å². The Morgan fingerprint density at radius 2 is 2.19 bits per heavy atom. The van der Waals surface area contributed by atoms with Crippen LogP contribution in [0.1, 0.15) is 5.01 Å². The number of anilines is 1. The van der Waals surface area contributed by atoms with Crippen LogP contribution in [-0.2, 0) is 0 Å². The molecule has 1 N–H and O–H groups in total. The number of nitrogens with zero attached hydrogens (tertiary/aromatic N) is 2. The number of hydrogen-bond acceptors (Lipinski definition) is 5. The molecule has 0 spiro atoms. The van der Waals surface area contributed by atoms with E-state index in [0.717, 1.165) is 17.0 Å². The predicted molar refractivity (Wildman–Crippen MR) is 105 cm³/mol. The van der Waals surface area contributed by atoms with Gasteiger partial charge < -0.3 is 10.1 Å². The molecule has 3 rings (SSSR count). The first-order valence-electron chi connectivity index (χ1n) is 7.53. The molecule has 130 valence electrons. The molecule has 0 aliphatic carbocycles. The summed E-state index contributed by atoms with van der Waals surface area (Å²) in [6.07, 6.45) is 1.46. The number of hydrogen-bond donors (Lipinski definition) is 1. The number of ether oxygens (including phenoxy) is 1. The maximum Gasteiger partial charge on any atom is 0.147 e. The summed E-state index contributed by atoms with van der Waals surface area (Å²) in [4.78, 5) is 4.51. The molecule has 0 aliphatic rings. The van der Waals surface area contributed by atoms with E-state index < -0.39 is 5.82 Å². The van der Waals surface area contributed by atoms with Gasteiger partial charge in [-0.25, -0.2) is 9.37 Å². The molecule has 1 aromatic heterocycles. The SMILES string of the molecule is COc1cccc(-c2csc(C(C#N)=CNc3ccc(Br)cc3F)n2)c1. The van der Waals surface area contributed by atoms with Gasteiger partial charge in [-0.2, -0.15) is 5.26 Å². The first-order valence-corrected chi connectivity index (χ1v) is 9.20. The van der Waals surface area contributed by atoms with E-state index in [-0.39, 0.29) is 5.69 Å². The third kappa shape index (κ3) is 4.10. The van der Waals surface area contributed by atoms with E-state index >= 15 is 0 Å². The third-order valence-electron chi connectivity index (χ3n) is 3.52. The highest BCUT2D eigenvalue weighted by Gasteiger charge is 2.10. The number of thiazole rings is 1. The fourth-order valence-corrected chi connectivity index (χ4v) is 3.34. The van der Waals surface area contributed by atoms with Gasteiger partial charge in [0.15, 0.2) is 0 Å². The predicted octanol–water partition coefficient (Wildman–Crippen LogP) is 5.70. The molecular formula is C19H13BrFN3OS. The van der Waals surface area contributed by atoms with Crippen LogP contribution >= 0.6 is 27.3 Å². The number of nitrogens with one attached hydrogen (secondary N) is 1. The average Bonchev–Trinajstić information content (AvgIpc) is 3.14. The molecular weight excluding hydrogens is 417 g/mol. The molecule has 0 amide bonds. The Morgan fingerprint density at radius 1 is 1.35 bits per heavy atom. The molecule has 0 bridgehead atoms. The zero-order chi connectivity index (χ0) is 18.5. The van der Waals surface area contributed by atoms with E-state index in [1.165, 1.54) is 23.6 Å². The van der Waals surface area contributed by atoms with Gasteiger partial charge in [-0.1, -0.05) is 28.1 Å². The molecule has 4 nitrogen and oxygen atoms in total. The Hall–Kier alpha value is -2.69. The van der Waals surface area contributed by atoms with Gasteiger partial charge in [0.05, 0.1) is 18.5 Å². The summed E-state index contributed by atoms with van der Waals surface area (Å²) in [6.45, 7) is 0. The average molecular weight is 430 g/mol. The second kappa shape index (κ2) is 8.13. The fourth-order valence-electron chi connectivity index (χ4n) is 2.21. The summed E-state index contributed by atoms with van der Waals surface area (Å²) in [5.41, 5.74) is 2.26. The maximum atomic E-state index is 13.9. The second-order valence-electron chi connectivity index (χ2n) is 5.21. The molecule has 0 unspecified atom stereocenters. The van der Waals surface area contributed by atoms with Crippen molar-refractivity contribution in [2.45, 2.75) is 0 Å². The summed E-state index contributed by atoms with van der Waals surface area (Å²) in [6, 6.07) is 14.3. The number of benzene rings is 2. The monoisotopic (exact) mass is 429 g/mol. The van der Waals surface area contributed by atoms with Crippen molar-refractivity contribution in [2.75, 3.05) is 12.4 Å². The normalized spacial score (nSPS) is 11.1. The molecule has 3 aromatic rings. The van der Waals surface area contributed by atoms with E-state index in [1.807, 2.05) is 29.6 Å². The summed E-state index contributed by atoms with van der Waals surface area (Å²) in [5, 5.41) is 14.7. The van der Waals surface area contributed by atoms with Gasteiger partial charge in [-0.05, 0) is 30.3 Å². The standard InChI is InChI=1S/C19H13BrFN3OS/c1-25-15-4-2-3-12(7-15)18-11-26-19(24-18)13(9-22)10-23-17-6-5-14(20)8-16(17)21/h2-8,10-11,23H,1H3. The Morgan fingerprint density at radius 3 is 2.92 bits per heavy atom. The summed E-state index contributed by atoms with van der Waals surface area (Å²) < 4.78 is 19.7. The molecule has 7 heteroatoms. The smallest absolute Gasteiger partial charge is 0.147 e. The zero-order valence-corrected chi connectivity index (χ0v) is 16.1. The Balaban J connectivity index is 1.85. The molecule has 2 aromatic carbocycles. The van der Waals surface area contributed by atoms with Gasteiger partial charge in [0.25, 0.3) is 0 Å². The topological polar surface area (TPSA) is 57.9 Å². The maximum absolute atomic E-state index is 13.9. The summed E-state index contributed by atoms with van der Waals surface area (Å²) in [5.74, 6) is 0.324. The minimum absolute atomic E-state index is 0.283. The van der Waals surface area contributed by atoms with Crippen molar-refractivity contribution < 1.29 is 9.13 Å². The third-order valence-corrected chi connectivity index (χ3v) is 4.89. The molecule has 0 aliphatic heterocycles. The van der Waals surface area contributed by atoms with Crippen molar-refractivity contribution in [3.63, 3.8) is 0 Å². The first kappa shape index (κ1) is 18.1. The molecule has 0 fully saturated rings. The number of halogens is 2. The number of allylic oxidation sites excluding steroid dienone is 1. The number of methoxy groups -OCH3 is 1. The first-order chi connectivity index (χ1) is 12.6. The van der Waals surface area contributed by atoms with Crippen LogP contribution in [-0.4, -0.2) is 12.1 Å². The molecule has 0 radical (unpaired) electrons. The van der Waals surface area contributed by atoms with Crippen LogP contribution < -0.4 is 10.1 Å². The van der Waals surface area contributed by atoms with Gasteiger partial charge in [-0.3, -0.25) is 0 Å². The van der Waals surface area contributed by atoms with Crippen molar-refractivity contribution in [1.82, 2.24) is 4.98 Å². The second-order valence-corrected chi connectivity index (χ2v) is 6.98. The van der Waals surface area contributed by atoms with Gasteiger partial charge in [0, 0.05) is 21.6 Å². The molecule has 26 heavy (non-hydrogen) atoms. The lowest BCUT2D eigenvalue weighted by Crippen LogP contribution is -1.94. The fraction of sp³-hybridized carbons (Fsp3) is 0.0526. The quantitative estimate of drug-likeness (QED) is 0.528. The van der Waals surface area contributed by atoms with Crippen LogP contribution in [0.2, 0.25) is 0 Å². The van der Waals surface area contributed by atoms with Crippen LogP contribution in [0.25, 0.3) is 16.8 Å². The largest absolute Gasteiger partial charge is 0.497 e. The lowest BCUT2D eigenvalue weighted by molar-refractivity contribution is 0.415. The van der Waals surface area contributed by atoms with E-state index in [1.54, 1.807) is 19.2 Å². The van der Waals surface area contributed by atoms with E-state index in [0.29, 0.717) is 15.1 Å². The lowest BCUT2D eigenvalue weighted by Gasteiger charge is -2.03. The van der Waals surface area contributed by atoms with Crippen LogP contribution in [0.3, 0.4) is 0 Å². The van der Waals surface area contributed by atoms with Crippen molar-refractivity contribution in [1.29, 1.82) is 5.26 Å². The lowest BCUT2D eigenvalue weighted by atomic mass is 10.1. The number of nitriles is 1. The van der Waals surface area contributed by atoms with Gasteiger partial charge >= 0.3 is 0 Å². The van der Waals surface area contributed by atoms with E-state index in [9.17, 15) is 9.65 Å². The molecule has 0 saturated carbocycles. The Bertz CT molecular complexity index is 1010. The molecule has 0 atom stereocenters. The number of aromatic nitrogens is 1. The Labute approximate surface area is 162 Å². The summed E-state index contributed by atoms with van der Waals surface area (Å²) >= 11 is 4.56. The van der Waals surface area contributed by atoms with Gasteiger partial charge in [0.2, 0.25) is 0 Å². The highest BCUT2D eigenvalue weighted by molar-refractivity contribution is 9.10. The van der Waals surface area contributed by atoms with Crippen molar-refractivity contribution in [2.24, 2.45) is 0 Å². The van der Waals surface area contributed by atoms with E-state index in [2.05, 4.69) is 32.3 Å². The van der Waals surface area contributed by atoms with Crippen molar-refractivity contribution in [3.8, 4) is 23.1 Å². The highest BCUT2D eigenvalue weighted by atomic mass is 79.9. The van der Waals surface area contributed by atoms with Crippen molar-refractivity contribution >= 4 is 38.5 Å². The van der Waals surface area contributed by atoms with Crippen LogP contribution in [0.5, 0.6) is 5.75 Å². The van der Waals surface area contributed by atoms with Gasteiger partial charge in [0.1, 0.15) is 28.2 Å². The van der Waals surface area contributed by atoms with E-state index in [4.69, 9.17) is 4.74 Å². The zero-order valence-electron chi connectivity index (χ0n) is 13.7. The molecule has 1 heterocycles. The summed E-state index contributed by atoms with van der Waals surface area (Å²) in [7, 11) is 1.61. The van der Waals surface area contributed by atoms with Crippen LogP contribution in [0.4, 0.5) is 10.1 Å². The minimum Gasteiger partial charge on any atom is -0.497 e. The minimum atomic E-state index is -0.413.